The predicted molar refractivity (Wildman–Crippen MR) is 221 cm³/mol. The van der Waals surface area contributed by atoms with Gasteiger partial charge in [-0.25, -0.2) is 38.4 Å². The van der Waals surface area contributed by atoms with Crippen LogP contribution in [0.5, 0.6) is 0 Å². The Morgan fingerprint density at radius 1 is 0.413 bits per heavy atom. The van der Waals surface area contributed by atoms with Crippen molar-refractivity contribution in [2.75, 3.05) is 46.2 Å². The van der Waals surface area contributed by atoms with Crippen LogP contribution in [0.4, 0.5) is 0 Å². The van der Waals surface area contributed by atoms with Gasteiger partial charge in [-0.1, -0.05) is 96.2 Å². The minimum atomic E-state index is -1.89. The summed E-state index contributed by atoms with van der Waals surface area (Å²) in [5.74, 6) is -8.81. The highest BCUT2D eigenvalue weighted by Gasteiger charge is 2.42. The Balaban J connectivity index is -0.000000864. The minimum Gasteiger partial charge on any atom is -0.461 e. The van der Waals surface area contributed by atoms with E-state index < -0.39 is 89.8 Å². The van der Waals surface area contributed by atoms with Gasteiger partial charge >= 0.3 is 59.7 Å². The van der Waals surface area contributed by atoms with Crippen molar-refractivity contribution in [3.63, 3.8) is 0 Å². The zero-order valence-electron chi connectivity index (χ0n) is 34.9. The Kier molecular flexibility index (Phi) is 33.9. The van der Waals surface area contributed by atoms with Crippen LogP contribution in [0.3, 0.4) is 0 Å². The number of carbonyl (C=O) groups is 10. The third-order valence-electron chi connectivity index (χ3n) is 6.22. The summed E-state index contributed by atoms with van der Waals surface area (Å²) in [6.07, 6.45) is 5.35. The van der Waals surface area contributed by atoms with Crippen LogP contribution >= 0.6 is 0 Å². The number of rotatable bonds is 29. The monoisotopic (exact) mass is 888 g/mol. The quantitative estimate of drug-likeness (QED) is 0.0452. The molecule has 0 spiro atoms. The highest BCUT2D eigenvalue weighted by atomic mass is 16.6. The van der Waals surface area contributed by atoms with Crippen molar-refractivity contribution in [3.8, 4) is 0 Å². The lowest BCUT2D eigenvalue weighted by atomic mass is 9.93. The van der Waals surface area contributed by atoms with Gasteiger partial charge in [-0.2, -0.15) is 0 Å². The molecule has 0 N–H and O–H groups in total. The molecular weight excluding hydrogens is 836 g/mol. The standard InChI is InChI=1S/C16H18O8.C14H18O6.C13H16O6/c1-5-9-21-15(19)13(23-11(17)7-3)14(24-12(18)8-4)16(20)22-10-6-2;1-5-8-18-13(17)14(4,9-19-11(15)6-2)10-20-12(16)7-3;1-4-7-17-12(15)9-10(19-11(14)6-3)13(16)18-8-5-2/h5-8,13-14H,1-4,9-10H2;5-7H,1-3,8-10H2,4H3;4-6,10H,1-3,7-9H2. The summed E-state index contributed by atoms with van der Waals surface area (Å²) in [5.41, 5.74) is -1.32. The second-order valence-corrected chi connectivity index (χ2v) is 11.3. The lowest BCUT2D eigenvalue weighted by Gasteiger charge is -2.25. The van der Waals surface area contributed by atoms with E-state index in [9.17, 15) is 47.9 Å². The van der Waals surface area contributed by atoms with Crippen LogP contribution in [0, 0.1) is 5.41 Å². The fourth-order valence-electron chi connectivity index (χ4n) is 3.26. The number of ether oxygens (including phenoxy) is 10. The van der Waals surface area contributed by atoms with Crippen molar-refractivity contribution in [1.29, 1.82) is 0 Å². The van der Waals surface area contributed by atoms with Crippen molar-refractivity contribution in [2.24, 2.45) is 5.41 Å². The van der Waals surface area contributed by atoms with E-state index in [2.05, 4.69) is 70.5 Å². The molecule has 20 heteroatoms. The van der Waals surface area contributed by atoms with E-state index in [4.69, 9.17) is 42.6 Å². The molecule has 0 amide bonds. The van der Waals surface area contributed by atoms with Crippen LogP contribution in [0.25, 0.3) is 0 Å². The molecule has 0 heterocycles. The van der Waals surface area contributed by atoms with E-state index in [1.165, 1.54) is 37.3 Å². The zero-order valence-corrected chi connectivity index (χ0v) is 34.9. The summed E-state index contributed by atoms with van der Waals surface area (Å²) in [4.78, 5) is 115. The number of esters is 10. The van der Waals surface area contributed by atoms with Gasteiger partial charge in [-0.05, 0) is 6.92 Å². The first-order valence-electron chi connectivity index (χ1n) is 17.8. The van der Waals surface area contributed by atoms with Crippen molar-refractivity contribution < 1.29 is 95.3 Å². The molecule has 0 aromatic heterocycles. The lowest BCUT2D eigenvalue weighted by Crippen LogP contribution is -2.47. The molecule has 0 aliphatic carbocycles. The SMILES string of the molecule is C=CCOC(=O)C(C)(COC(=O)C=C)COC(=O)C=C.C=CCOC(=O)C(OC(=O)C=C)C(OC(=O)C=C)C(=O)OCC=C.C=CCOC(=O)CC(OC(=O)C=C)C(=O)OCC=C. The summed E-state index contributed by atoms with van der Waals surface area (Å²) in [5, 5.41) is 0. The maximum absolute atomic E-state index is 12.0. The van der Waals surface area contributed by atoms with Crippen LogP contribution in [-0.4, -0.2) is 124 Å². The summed E-state index contributed by atoms with van der Waals surface area (Å²) in [6.45, 7) is 33.2. The first kappa shape index (κ1) is 59.4. The first-order valence-corrected chi connectivity index (χ1v) is 17.8. The topological polar surface area (TPSA) is 263 Å². The molecule has 0 aromatic rings. The Bertz CT molecular complexity index is 1630. The molecule has 0 aliphatic heterocycles. The normalized spacial score (nSPS) is 10.9. The molecule has 3 atom stereocenters. The third kappa shape index (κ3) is 28.2. The summed E-state index contributed by atoms with van der Waals surface area (Å²) in [7, 11) is 0. The van der Waals surface area contributed by atoms with Gasteiger partial charge in [0.05, 0.1) is 6.42 Å². The van der Waals surface area contributed by atoms with Gasteiger partial charge in [0, 0.05) is 30.4 Å². The second kappa shape index (κ2) is 36.0. The molecule has 63 heavy (non-hydrogen) atoms. The minimum absolute atomic E-state index is 0.000761. The van der Waals surface area contributed by atoms with Gasteiger partial charge in [0.25, 0.3) is 0 Å². The smallest absolute Gasteiger partial charge is 0.352 e. The van der Waals surface area contributed by atoms with Gasteiger partial charge in [-0.15, -0.1) is 0 Å². The molecule has 20 nitrogen and oxygen atoms in total. The zero-order chi connectivity index (χ0) is 48.8. The molecule has 0 aromatic carbocycles. The van der Waals surface area contributed by atoms with E-state index in [-0.39, 0.29) is 46.2 Å². The molecule has 0 rings (SSSR count). The molecule has 0 aliphatic rings. The predicted octanol–water partition coefficient (Wildman–Crippen LogP) is 2.75. The molecule has 0 bridgehead atoms. The van der Waals surface area contributed by atoms with Gasteiger partial charge in [0.1, 0.15) is 51.7 Å². The van der Waals surface area contributed by atoms with E-state index in [0.717, 1.165) is 30.4 Å². The van der Waals surface area contributed by atoms with E-state index in [1.54, 1.807) is 0 Å². The highest BCUT2D eigenvalue weighted by Crippen LogP contribution is 2.21. The molecule has 0 radical (unpaired) electrons. The van der Waals surface area contributed by atoms with Crippen LogP contribution in [0.15, 0.2) is 127 Å². The summed E-state index contributed by atoms with van der Waals surface area (Å²) < 4.78 is 47.7. The van der Waals surface area contributed by atoms with E-state index in [1.807, 2.05) is 0 Å². The maximum atomic E-state index is 12.0. The van der Waals surface area contributed by atoms with Crippen LogP contribution in [0.2, 0.25) is 0 Å². The number of hydrogen-bond acceptors (Lipinski definition) is 20. The van der Waals surface area contributed by atoms with Crippen molar-refractivity contribution in [1.82, 2.24) is 0 Å². The summed E-state index contributed by atoms with van der Waals surface area (Å²) in [6, 6.07) is 0. The molecule has 0 saturated carbocycles. The average Bonchev–Trinajstić information content (AvgIpc) is 3.29. The van der Waals surface area contributed by atoms with Crippen LogP contribution < -0.4 is 0 Å². The van der Waals surface area contributed by atoms with Gasteiger partial charge < -0.3 is 47.4 Å². The second-order valence-electron chi connectivity index (χ2n) is 11.3. The third-order valence-corrected chi connectivity index (χ3v) is 6.22. The average molecular weight is 889 g/mol. The largest absolute Gasteiger partial charge is 0.461 e. The molecular formula is C43H52O20. The van der Waals surface area contributed by atoms with Crippen molar-refractivity contribution in [2.45, 2.75) is 31.7 Å². The molecule has 344 valence electrons. The number of carbonyl (C=O) groups excluding carboxylic acids is 10. The first-order chi connectivity index (χ1) is 29.8. The van der Waals surface area contributed by atoms with Crippen molar-refractivity contribution >= 4 is 59.7 Å². The van der Waals surface area contributed by atoms with Crippen LogP contribution in [-0.2, 0) is 95.3 Å². The number of hydrogen-bond donors (Lipinski definition) is 0. The Hall–Kier alpha value is -7.90. The Labute approximate surface area is 364 Å². The van der Waals surface area contributed by atoms with Gasteiger partial charge in [0.15, 0.2) is 0 Å². The fraction of sp³-hybridized carbons (Fsp3) is 0.302. The Morgan fingerprint density at radius 2 is 0.730 bits per heavy atom. The molecule has 3 unspecified atom stereocenters. The highest BCUT2D eigenvalue weighted by molar-refractivity contribution is 5.92. The maximum Gasteiger partial charge on any atom is 0.352 e. The van der Waals surface area contributed by atoms with Crippen molar-refractivity contribution in [3.05, 3.63) is 127 Å². The molecule has 0 saturated heterocycles. The summed E-state index contributed by atoms with van der Waals surface area (Å²) >= 11 is 0. The Morgan fingerprint density at radius 3 is 1.08 bits per heavy atom. The van der Waals surface area contributed by atoms with Gasteiger partial charge in [-0.3, -0.25) is 9.59 Å². The molecule has 0 fully saturated rings. The van der Waals surface area contributed by atoms with Gasteiger partial charge in [0.2, 0.25) is 18.3 Å². The van der Waals surface area contributed by atoms with Crippen LogP contribution in [0.1, 0.15) is 13.3 Å². The fourth-order valence-corrected chi connectivity index (χ4v) is 3.26. The van der Waals surface area contributed by atoms with E-state index >= 15 is 0 Å². The lowest BCUT2D eigenvalue weighted by molar-refractivity contribution is -0.187. The van der Waals surface area contributed by atoms with E-state index in [0.29, 0.717) is 0 Å².